The quantitative estimate of drug-likeness (QED) is 0.566. The molecule has 0 saturated heterocycles. The van der Waals surface area contributed by atoms with Crippen LogP contribution in [0, 0.1) is 5.21 Å². The van der Waals surface area contributed by atoms with Crippen molar-refractivity contribution in [3.05, 3.63) is 17.0 Å². The lowest BCUT2D eigenvalue weighted by Gasteiger charge is -2.29. The fourth-order valence-corrected chi connectivity index (χ4v) is 0.714. The molecule has 0 aromatic carbocycles. The van der Waals surface area contributed by atoms with Gasteiger partial charge in [0.25, 0.3) is 0 Å². The van der Waals surface area contributed by atoms with Crippen LogP contribution < -0.4 is 0 Å². The van der Waals surface area contributed by atoms with Crippen LogP contribution in [0.25, 0.3) is 0 Å². The Bertz CT molecular complexity index is 112. The maximum absolute atomic E-state index is 10.8. The van der Waals surface area contributed by atoms with Crippen LogP contribution in [0.2, 0.25) is 0 Å². The van der Waals surface area contributed by atoms with Gasteiger partial charge in [0.1, 0.15) is 0 Å². The topological polar surface area (TPSA) is 35.5 Å². The highest BCUT2D eigenvalue weighted by Gasteiger charge is 1.93. The van der Waals surface area contributed by atoms with Gasteiger partial charge in [0.15, 0.2) is 0 Å². The van der Waals surface area contributed by atoms with Crippen molar-refractivity contribution in [2.75, 3.05) is 7.11 Å². The van der Waals surface area contributed by atoms with E-state index in [4.69, 9.17) is 0 Å². The highest BCUT2D eigenvalue weighted by atomic mass is 16.9. The SMILES string of the molecule is C/C=C(\CCC)N([O-])OC. The molecule has 0 amide bonds. The predicted octanol–water partition coefficient (Wildman–Crippen LogP) is 2.05. The summed E-state index contributed by atoms with van der Waals surface area (Å²) in [5.41, 5.74) is 0.685. The van der Waals surface area contributed by atoms with E-state index in [-0.39, 0.29) is 0 Å². The molecule has 0 radical (unpaired) electrons. The van der Waals surface area contributed by atoms with Gasteiger partial charge in [-0.25, -0.2) is 0 Å². The third-order valence-corrected chi connectivity index (χ3v) is 1.24. The molecule has 0 atom stereocenters. The molecule has 0 unspecified atom stereocenters. The van der Waals surface area contributed by atoms with E-state index in [0.29, 0.717) is 10.9 Å². The van der Waals surface area contributed by atoms with Gasteiger partial charge in [0, 0.05) is 5.70 Å². The minimum atomic E-state index is 0.545. The minimum Gasteiger partial charge on any atom is -0.734 e. The summed E-state index contributed by atoms with van der Waals surface area (Å²) in [6, 6.07) is 0. The van der Waals surface area contributed by atoms with Crippen LogP contribution in [0.5, 0.6) is 0 Å². The molecule has 10 heavy (non-hydrogen) atoms. The Morgan fingerprint density at radius 2 is 2.30 bits per heavy atom. The molecule has 0 aromatic rings. The summed E-state index contributed by atoms with van der Waals surface area (Å²) >= 11 is 0. The Hall–Kier alpha value is -0.540. The smallest absolute Gasteiger partial charge is 0.0628 e. The first-order valence-electron chi connectivity index (χ1n) is 3.42. The number of hydrogen-bond donors (Lipinski definition) is 0. The Morgan fingerprint density at radius 1 is 1.70 bits per heavy atom. The van der Waals surface area contributed by atoms with E-state index in [2.05, 4.69) is 4.84 Å². The second-order valence-electron chi connectivity index (χ2n) is 1.97. The summed E-state index contributed by atoms with van der Waals surface area (Å²) in [6.07, 6.45) is 3.50. The lowest BCUT2D eigenvalue weighted by atomic mass is 10.2. The molecule has 0 heterocycles. The zero-order valence-corrected chi connectivity index (χ0v) is 6.76. The summed E-state index contributed by atoms with van der Waals surface area (Å²) in [5.74, 6) is 0. The predicted molar refractivity (Wildman–Crippen MR) is 40.9 cm³/mol. The first-order valence-corrected chi connectivity index (χ1v) is 3.42. The van der Waals surface area contributed by atoms with Crippen LogP contribution in [0.3, 0.4) is 0 Å². The van der Waals surface area contributed by atoms with E-state index in [1.165, 1.54) is 7.11 Å². The Balaban J connectivity index is 3.82. The first-order chi connectivity index (χ1) is 4.76. The molecule has 60 valence electrons. The van der Waals surface area contributed by atoms with Crippen LogP contribution >= 0.6 is 0 Å². The molecule has 0 fully saturated rings. The molecular weight excluding hydrogens is 130 g/mol. The third-order valence-electron chi connectivity index (χ3n) is 1.24. The molecule has 0 aliphatic heterocycles. The Morgan fingerprint density at radius 3 is 2.60 bits per heavy atom. The average Bonchev–Trinajstić information content (AvgIpc) is 1.99. The first kappa shape index (κ1) is 9.46. The van der Waals surface area contributed by atoms with Gasteiger partial charge in [-0.05, 0) is 13.3 Å². The van der Waals surface area contributed by atoms with E-state index >= 15 is 0 Å². The largest absolute Gasteiger partial charge is 0.734 e. The molecule has 0 bridgehead atoms. The zero-order valence-electron chi connectivity index (χ0n) is 6.76. The lowest BCUT2D eigenvalue weighted by molar-refractivity contribution is -0.0591. The molecule has 3 heteroatoms. The third kappa shape index (κ3) is 2.85. The van der Waals surface area contributed by atoms with Crippen LogP contribution in [0.1, 0.15) is 26.7 Å². The van der Waals surface area contributed by atoms with Crippen LogP contribution in [-0.4, -0.2) is 12.3 Å². The maximum atomic E-state index is 10.8. The summed E-state index contributed by atoms with van der Waals surface area (Å²) < 4.78 is 0. The monoisotopic (exact) mass is 144 g/mol. The van der Waals surface area contributed by atoms with Gasteiger partial charge in [0.05, 0.1) is 7.11 Å². The van der Waals surface area contributed by atoms with Gasteiger partial charge >= 0.3 is 0 Å². The molecule has 0 rings (SSSR count). The molecule has 0 aliphatic carbocycles. The number of rotatable bonds is 4. The van der Waals surface area contributed by atoms with Crippen molar-refractivity contribution < 1.29 is 4.84 Å². The van der Waals surface area contributed by atoms with Crippen molar-refractivity contribution in [3.63, 3.8) is 0 Å². The summed E-state index contributed by atoms with van der Waals surface area (Å²) in [5, 5.41) is 11.3. The van der Waals surface area contributed by atoms with Crippen molar-refractivity contribution in [1.29, 1.82) is 0 Å². The van der Waals surface area contributed by atoms with Crippen molar-refractivity contribution in [2.24, 2.45) is 0 Å². The van der Waals surface area contributed by atoms with Crippen LogP contribution in [-0.2, 0) is 4.84 Å². The second-order valence-corrected chi connectivity index (χ2v) is 1.97. The summed E-state index contributed by atoms with van der Waals surface area (Å²) in [7, 11) is 1.37. The summed E-state index contributed by atoms with van der Waals surface area (Å²) in [4.78, 5) is 4.47. The van der Waals surface area contributed by atoms with Crippen molar-refractivity contribution in [3.8, 4) is 0 Å². The zero-order chi connectivity index (χ0) is 7.98. The van der Waals surface area contributed by atoms with Gasteiger partial charge in [-0.15, -0.1) is 0 Å². The minimum absolute atomic E-state index is 0.545. The maximum Gasteiger partial charge on any atom is 0.0628 e. The molecule has 0 saturated carbocycles. The Labute approximate surface area is 61.8 Å². The van der Waals surface area contributed by atoms with Gasteiger partial charge in [-0.3, -0.25) is 4.84 Å². The highest BCUT2D eigenvalue weighted by Crippen LogP contribution is 2.08. The van der Waals surface area contributed by atoms with E-state index in [1.54, 1.807) is 6.08 Å². The van der Waals surface area contributed by atoms with Gasteiger partial charge in [-0.1, -0.05) is 19.4 Å². The molecule has 3 nitrogen and oxygen atoms in total. The fraction of sp³-hybridized carbons (Fsp3) is 0.714. The molecule has 0 aromatic heterocycles. The Kier molecular flexibility index (Phi) is 4.98. The number of nitrogens with zero attached hydrogens (tertiary/aromatic N) is 1. The molecule has 0 spiro atoms. The van der Waals surface area contributed by atoms with E-state index in [1.807, 2.05) is 13.8 Å². The number of allylic oxidation sites excluding steroid dienone is 2. The van der Waals surface area contributed by atoms with Crippen molar-refractivity contribution >= 4 is 0 Å². The molecule has 0 aliphatic rings. The number of hydroxylamine groups is 2. The number of hydrogen-bond acceptors (Lipinski definition) is 3. The van der Waals surface area contributed by atoms with Crippen molar-refractivity contribution in [1.82, 2.24) is 5.23 Å². The average molecular weight is 144 g/mol. The van der Waals surface area contributed by atoms with E-state index in [9.17, 15) is 5.21 Å². The van der Waals surface area contributed by atoms with E-state index < -0.39 is 0 Å². The van der Waals surface area contributed by atoms with Crippen LogP contribution in [0.15, 0.2) is 11.8 Å². The van der Waals surface area contributed by atoms with Gasteiger partial charge in [-0.2, -0.15) is 0 Å². The standard InChI is InChI=1S/C7H14NO2/c1-4-6-7(5-2)8(9)10-3/h5H,4,6H2,1-3H3/q-1/b7-5+. The van der Waals surface area contributed by atoms with Gasteiger partial charge in [0.2, 0.25) is 0 Å². The summed E-state index contributed by atoms with van der Waals surface area (Å²) in [6.45, 7) is 3.85. The second kappa shape index (κ2) is 5.26. The van der Waals surface area contributed by atoms with Crippen LogP contribution in [0.4, 0.5) is 0 Å². The molecular formula is C7H14NO2-. The normalized spacial score (nSPS) is 11.8. The highest BCUT2D eigenvalue weighted by molar-refractivity contribution is 4.96. The molecule has 0 N–H and O–H groups in total. The van der Waals surface area contributed by atoms with Crippen molar-refractivity contribution in [2.45, 2.75) is 26.7 Å². The lowest BCUT2D eigenvalue weighted by Crippen LogP contribution is -2.13. The van der Waals surface area contributed by atoms with E-state index in [0.717, 1.165) is 12.8 Å². The fourth-order valence-electron chi connectivity index (χ4n) is 0.714. The van der Waals surface area contributed by atoms with Gasteiger partial charge < -0.3 is 10.4 Å².